The van der Waals surface area contributed by atoms with Gasteiger partial charge in [0, 0.05) is 6.04 Å². The predicted octanol–water partition coefficient (Wildman–Crippen LogP) is 1.69. The average molecular weight is 176 g/mol. The predicted molar refractivity (Wildman–Crippen MR) is 47.7 cm³/mol. The number of halogens is 1. The molecule has 1 N–H and O–H groups in total. The number of rotatable bonds is 3. The van der Waals surface area contributed by atoms with Gasteiger partial charge < -0.3 is 5.32 Å². The number of alkyl halides is 1. The second kappa shape index (κ2) is 3.77. The highest BCUT2D eigenvalue weighted by molar-refractivity contribution is 6.24. The zero-order valence-corrected chi connectivity index (χ0v) is 7.90. The summed E-state index contributed by atoms with van der Waals surface area (Å²) in [5, 5.41) is 2.68. The summed E-state index contributed by atoms with van der Waals surface area (Å²) in [6.07, 6.45) is 1.24. The Bertz CT molecular complexity index is 160. The largest absolute Gasteiger partial charge is 0.348 e. The summed E-state index contributed by atoms with van der Waals surface area (Å²) in [5.41, 5.74) is 0. The minimum absolute atomic E-state index is 0.0605. The fourth-order valence-electron chi connectivity index (χ4n) is 0.444. The van der Waals surface area contributed by atoms with Gasteiger partial charge in [0.15, 0.2) is 0 Å². The molecule has 0 aromatic carbocycles. The van der Waals surface area contributed by atoms with Gasteiger partial charge in [0.25, 0.3) is 0 Å². The summed E-state index contributed by atoms with van der Waals surface area (Å²) < 4.78 is 0. The van der Waals surface area contributed by atoms with Crippen LogP contribution in [0.3, 0.4) is 0 Å². The van der Waals surface area contributed by atoms with Crippen LogP contribution < -0.4 is 5.32 Å². The molecule has 0 aromatic heterocycles. The second-order valence-corrected chi connectivity index (χ2v) is 3.97. The summed E-state index contributed by atoms with van der Waals surface area (Å²) in [5.74, 6) is -0.189. The van der Waals surface area contributed by atoms with Crippen molar-refractivity contribution >= 4 is 17.5 Å². The standard InChI is InChI=1S/C8H14ClNO/c1-5-7(11)10-6(2)8(3,4)9/h5-6H,1H2,2-4H3,(H,10,11). The zero-order chi connectivity index (χ0) is 9.07. The molecule has 0 saturated heterocycles. The van der Waals surface area contributed by atoms with Gasteiger partial charge in [-0.3, -0.25) is 4.79 Å². The van der Waals surface area contributed by atoms with Crippen molar-refractivity contribution in [3.63, 3.8) is 0 Å². The van der Waals surface area contributed by atoms with Crippen molar-refractivity contribution in [3.8, 4) is 0 Å². The van der Waals surface area contributed by atoms with E-state index in [0.717, 1.165) is 0 Å². The van der Waals surface area contributed by atoms with Crippen LogP contribution in [0.1, 0.15) is 20.8 Å². The van der Waals surface area contributed by atoms with Gasteiger partial charge in [-0.15, -0.1) is 11.6 Å². The lowest BCUT2D eigenvalue weighted by atomic mass is 10.1. The molecule has 0 bridgehead atoms. The lowest BCUT2D eigenvalue weighted by Crippen LogP contribution is -2.43. The Kier molecular flexibility index (Phi) is 3.59. The summed E-state index contributed by atoms with van der Waals surface area (Å²) in [4.78, 5) is 10.4. The molecule has 2 nitrogen and oxygen atoms in total. The monoisotopic (exact) mass is 175 g/mol. The molecule has 1 amide bonds. The molecule has 1 atom stereocenters. The number of carbonyl (C=O) groups is 1. The molecule has 0 rings (SSSR count). The minimum atomic E-state index is -0.418. The number of hydrogen-bond donors (Lipinski definition) is 1. The van der Waals surface area contributed by atoms with E-state index in [-0.39, 0.29) is 11.9 Å². The Morgan fingerprint density at radius 1 is 1.73 bits per heavy atom. The molecule has 0 aliphatic heterocycles. The molecule has 0 aliphatic carbocycles. The second-order valence-electron chi connectivity index (χ2n) is 3.00. The number of amides is 1. The van der Waals surface area contributed by atoms with E-state index >= 15 is 0 Å². The van der Waals surface area contributed by atoms with Gasteiger partial charge in [-0.2, -0.15) is 0 Å². The van der Waals surface area contributed by atoms with E-state index in [0.29, 0.717) is 0 Å². The van der Waals surface area contributed by atoms with E-state index in [9.17, 15) is 4.79 Å². The van der Waals surface area contributed by atoms with Crippen LogP contribution in [-0.2, 0) is 4.79 Å². The van der Waals surface area contributed by atoms with E-state index in [2.05, 4.69) is 11.9 Å². The van der Waals surface area contributed by atoms with Gasteiger partial charge >= 0.3 is 0 Å². The molecule has 0 aromatic rings. The van der Waals surface area contributed by atoms with Crippen LogP contribution in [-0.4, -0.2) is 16.8 Å². The Hall–Kier alpha value is -0.500. The third kappa shape index (κ3) is 4.04. The Balaban J connectivity index is 3.97. The minimum Gasteiger partial charge on any atom is -0.348 e. The molecule has 0 aliphatic rings. The lowest BCUT2D eigenvalue weighted by molar-refractivity contribution is -0.117. The van der Waals surface area contributed by atoms with Crippen molar-refractivity contribution in [3.05, 3.63) is 12.7 Å². The van der Waals surface area contributed by atoms with E-state index < -0.39 is 4.87 Å². The van der Waals surface area contributed by atoms with E-state index in [1.807, 2.05) is 20.8 Å². The first kappa shape index (κ1) is 10.5. The van der Waals surface area contributed by atoms with Crippen LogP contribution in [0.2, 0.25) is 0 Å². The first-order valence-electron chi connectivity index (χ1n) is 3.49. The van der Waals surface area contributed by atoms with Gasteiger partial charge in [0.05, 0.1) is 4.87 Å². The van der Waals surface area contributed by atoms with Crippen LogP contribution in [0, 0.1) is 0 Å². The fraction of sp³-hybridized carbons (Fsp3) is 0.625. The van der Waals surface area contributed by atoms with E-state index in [1.165, 1.54) is 6.08 Å². The van der Waals surface area contributed by atoms with Gasteiger partial charge in [-0.1, -0.05) is 6.58 Å². The van der Waals surface area contributed by atoms with Crippen molar-refractivity contribution in [2.75, 3.05) is 0 Å². The molecule has 0 saturated carbocycles. The first-order chi connectivity index (χ1) is 4.88. The molecule has 64 valence electrons. The maximum Gasteiger partial charge on any atom is 0.243 e. The lowest BCUT2D eigenvalue weighted by Gasteiger charge is -2.24. The Labute approximate surface area is 72.6 Å². The smallest absolute Gasteiger partial charge is 0.243 e. The highest BCUT2D eigenvalue weighted by Gasteiger charge is 2.23. The maximum atomic E-state index is 10.8. The van der Waals surface area contributed by atoms with Gasteiger partial charge in [0.1, 0.15) is 0 Å². The maximum absolute atomic E-state index is 10.8. The number of nitrogens with one attached hydrogen (secondary N) is 1. The van der Waals surface area contributed by atoms with Crippen LogP contribution in [0.15, 0.2) is 12.7 Å². The van der Waals surface area contributed by atoms with Crippen molar-refractivity contribution in [2.24, 2.45) is 0 Å². The van der Waals surface area contributed by atoms with Crippen molar-refractivity contribution in [2.45, 2.75) is 31.7 Å². The molecule has 0 spiro atoms. The molecule has 1 unspecified atom stereocenters. The van der Waals surface area contributed by atoms with Crippen LogP contribution in [0.4, 0.5) is 0 Å². The Morgan fingerprint density at radius 3 is 2.45 bits per heavy atom. The van der Waals surface area contributed by atoms with Crippen LogP contribution in [0.5, 0.6) is 0 Å². The normalized spacial score (nSPS) is 13.8. The summed E-state index contributed by atoms with van der Waals surface area (Å²) in [7, 11) is 0. The Morgan fingerprint density at radius 2 is 2.18 bits per heavy atom. The van der Waals surface area contributed by atoms with E-state index in [4.69, 9.17) is 11.6 Å². The number of carbonyl (C=O) groups excluding carboxylic acids is 1. The van der Waals surface area contributed by atoms with E-state index in [1.54, 1.807) is 0 Å². The van der Waals surface area contributed by atoms with Crippen molar-refractivity contribution < 1.29 is 4.79 Å². The fourth-order valence-corrected chi connectivity index (χ4v) is 0.498. The third-order valence-electron chi connectivity index (χ3n) is 1.57. The van der Waals surface area contributed by atoms with Crippen molar-refractivity contribution in [1.82, 2.24) is 5.32 Å². The highest BCUT2D eigenvalue weighted by atomic mass is 35.5. The quantitative estimate of drug-likeness (QED) is 0.514. The number of hydrogen-bond acceptors (Lipinski definition) is 1. The summed E-state index contributed by atoms with van der Waals surface area (Å²) in [6, 6.07) is -0.0605. The molecule has 0 radical (unpaired) electrons. The average Bonchev–Trinajstić information content (AvgIpc) is 1.85. The molecule has 11 heavy (non-hydrogen) atoms. The van der Waals surface area contributed by atoms with Gasteiger partial charge in [-0.05, 0) is 26.8 Å². The molecular weight excluding hydrogens is 162 g/mol. The third-order valence-corrected chi connectivity index (χ3v) is 1.90. The van der Waals surface area contributed by atoms with Gasteiger partial charge in [0.2, 0.25) is 5.91 Å². The SMILES string of the molecule is C=CC(=O)NC(C)C(C)(C)Cl. The van der Waals surface area contributed by atoms with Crippen molar-refractivity contribution in [1.29, 1.82) is 0 Å². The topological polar surface area (TPSA) is 29.1 Å². The first-order valence-corrected chi connectivity index (χ1v) is 3.87. The highest BCUT2D eigenvalue weighted by Crippen LogP contribution is 2.17. The summed E-state index contributed by atoms with van der Waals surface area (Å²) >= 11 is 5.94. The molecule has 0 fully saturated rings. The molecule has 3 heteroatoms. The molecule has 0 heterocycles. The zero-order valence-electron chi connectivity index (χ0n) is 7.15. The van der Waals surface area contributed by atoms with Crippen LogP contribution in [0.25, 0.3) is 0 Å². The van der Waals surface area contributed by atoms with Crippen LogP contribution >= 0.6 is 11.6 Å². The molecular formula is C8H14ClNO. The van der Waals surface area contributed by atoms with Gasteiger partial charge in [-0.25, -0.2) is 0 Å². The summed E-state index contributed by atoms with van der Waals surface area (Å²) in [6.45, 7) is 8.90.